The molecule has 0 amide bonds. The number of thioether (sulfide) groups is 1. The fourth-order valence-corrected chi connectivity index (χ4v) is 11.6. The predicted molar refractivity (Wildman–Crippen MR) is 208 cm³/mol. The van der Waals surface area contributed by atoms with Crippen molar-refractivity contribution in [2.45, 2.75) is 69.2 Å². The Balaban J connectivity index is 1.01. The first-order valence-corrected chi connectivity index (χ1v) is 19.9. The number of carbonyl (C=O) groups excluding carboxylic acids is 1. The quantitative estimate of drug-likeness (QED) is 0.180. The summed E-state index contributed by atoms with van der Waals surface area (Å²) < 4.78 is 24.0. The minimum Gasteiger partial charge on any atom is -0.507 e. The third-order valence-electron chi connectivity index (χ3n) is 12.5. The minimum atomic E-state index is -0.823. The number of rotatable bonds is 8. The lowest BCUT2D eigenvalue weighted by molar-refractivity contribution is -0.152. The molecule has 2 unspecified atom stereocenters. The smallest absolute Gasteiger partial charge is 0.323 e. The highest BCUT2D eigenvalue weighted by Crippen LogP contribution is 2.59. The summed E-state index contributed by atoms with van der Waals surface area (Å²) in [5.74, 6) is 2.88. The Morgan fingerprint density at radius 3 is 2.43 bits per heavy atom. The first kappa shape index (κ1) is 35.3. The SMILES string of the molecule is COc1c(C)cc2c(c1O)[C@H]1C3Cc4c(O)c(C)c5c(c4[C@H](COC(=O)[C@@H](N)CSCC4c6ccccc6-c6ccccc64)N3C(C)(C2)CN1C)OCO5. The van der Waals surface area contributed by atoms with E-state index in [1.807, 2.05) is 13.8 Å². The standard InChI is InChI=1S/C43H47N3O7S/c1-22-14-24-16-43(3)20-45(4)36(34(24)38(48)39(22)50-5)32-15-29-35(41-40(52-21-53-41)23(2)37(29)47)33(46(32)43)17-51-42(49)31(44)19-54-18-30-27-12-8-6-10-25(27)26-11-7-9-13-28(26)30/h6-14,30-33,36,47-48H,15-21,44H2,1-5H3/t31-,32?,33-,36+,43?/m0/s1. The number of ether oxygens (including phenoxy) is 4. The van der Waals surface area contributed by atoms with E-state index in [-0.39, 0.29) is 42.9 Å². The van der Waals surface area contributed by atoms with Crippen molar-refractivity contribution in [3.05, 3.63) is 99.1 Å². The number of esters is 1. The molecule has 5 atom stereocenters. The summed E-state index contributed by atoms with van der Waals surface area (Å²) in [6, 6.07) is 17.5. The van der Waals surface area contributed by atoms with Gasteiger partial charge in [-0.2, -0.15) is 11.8 Å². The van der Waals surface area contributed by atoms with Crippen molar-refractivity contribution in [2.75, 3.05) is 45.6 Å². The molecule has 0 spiro atoms. The molecule has 1 aliphatic carbocycles. The fourth-order valence-electron chi connectivity index (χ4n) is 10.5. The monoisotopic (exact) mass is 749 g/mol. The summed E-state index contributed by atoms with van der Waals surface area (Å²) in [4.78, 5) is 18.6. The van der Waals surface area contributed by atoms with Crippen molar-refractivity contribution in [2.24, 2.45) is 5.73 Å². The Morgan fingerprint density at radius 2 is 1.72 bits per heavy atom. The number of aromatic hydroxyl groups is 2. The van der Waals surface area contributed by atoms with Crippen molar-refractivity contribution in [3.8, 4) is 39.9 Å². The number of fused-ring (bicyclic) bond motifs is 7. The van der Waals surface area contributed by atoms with Gasteiger partial charge in [-0.3, -0.25) is 14.6 Å². The number of phenols is 2. The molecule has 0 radical (unpaired) electrons. The van der Waals surface area contributed by atoms with Gasteiger partial charge in [0.05, 0.1) is 19.2 Å². The van der Waals surface area contributed by atoms with E-state index in [2.05, 4.69) is 78.4 Å². The first-order chi connectivity index (χ1) is 26.0. The summed E-state index contributed by atoms with van der Waals surface area (Å²) in [7, 11) is 3.68. The zero-order chi connectivity index (χ0) is 37.6. The van der Waals surface area contributed by atoms with Gasteiger partial charge in [0.15, 0.2) is 23.0 Å². The molecule has 11 heteroatoms. The summed E-state index contributed by atoms with van der Waals surface area (Å²) >= 11 is 1.67. The number of piperazine rings is 1. The molecule has 5 heterocycles. The number of benzene rings is 4. The molecule has 4 aromatic rings. The van der Waals surface area contributed by atoms with Gasteiger partial charge in [0.2, 0.25) is 6.79 Å². The molecule has 0 saturated carbocycles. The molecule has 5 aliphatic heterocycles. The maximum atomic E-state index is 13.8. The Bertz CT molecular complexity index is 2150. The molecule has 10 rings (SSSR count). The summed E-state index contributed by atoms with van der Waals surface area (Å²) in [5, 5.41) is 23.5. The number of carbonyl (C=O) groups is 1. The number of phenolic OH excluding ortho intramolecular Hbond substituents is 2. The number of likely N-dealkylation sites (N-methyl/N-ethyl adjacent to an activating group) is 1. The largest absolute Gasteiger partial charge is 0.507 e. The molecule has 4 aromatic carbocycles. The second kappa shape index (κ2) is 13.1. The average molecular weight is 750 g/mol. The highest BCUT2D eigenvalue weighted by Gasteiger charge is 2.58. The molecule has 1 saturated heterocycles. The van der Waals surface area contributed by atoms with Gasteiger partial charge in [0.1, 0.15) is 18.4 Å². The van der Waals surface area contributed by atoms with E-state index in [1.54, 1.807) is 18.9 Å². The van der Waals surface area contributed by atoms with E-state index in [1.165, 1.54) is 22.3 Å². The van der Waals surface area contributed by atoms with Crippen molar-refractivity contribution < 1.29 is 34.0 Å². The van der Waals surface area contributed by atoms with E-state index in [0.29, 0.717) is 48.0 Å². The lowest BCUT2D eigenvalue weighted by atomic mass is 9.76. The van der Waals surface area contributed by atoms with Gasteiger partial charge in [-0.15, -0.1) is 0 Å². The third-order valence-corrected chi connectivity index (χ3v) is 13.7. The van der Waals surface area contributed by atoms with E-state index in [4.69, 9.17) is 24.7 Å². The van der Waals surface area contributed by atoms with Crippen LogP contribution in [0.3, 0.4) is 0 Å². The maximum absolute atomic E-state index is 13.8. The van der Waals surface area contributed by atoms with Crippen molar-refractivity contribution in [3.63, 3.8) is 0 Å². The zero-order valence-electron chi connectivity index (χ0n) is 31.3. The maximum Gasteiger partial charge on any atom is 0.323 e. The predicted octanol–water partition coefficient (Wildman–Crippen LogP) is 6.14. The van der Waals surface area contributed by atoms with Crippen molar-refractivity contribution in [1.82, 2.24) is 9.80 Å². The Hall–Kier alpha value is -4.42. The van der Waals surface area contributed by atoms with Crippen LogP contribution in [0.5, 0.6) is 28.7 Å². The van der Waals surface area contributed by atoms with Crippen LogP contribution in [-0.4, -0.2) is 89.2 Å². The van der Waals surface area contributed by atoms with Gasteiger partial charge in [-0.25, -0.2) is 0 Å². The molecule has 4 N–H and O–H groups in total. The number of nitrogens with two attached hydrogens (primary N) is 1. The van der Waals surface area contributed by atoms with Crippen LogP contribution in [-0.2, 0) is 22.4 Å². The summed E-state index contributed by atoms with van der Waals surface area (Å²) in [5.41, 5.74) is 16.2. The van der Waals surface area contributed by atoms with Crippen LogP contribution in [0, 0.1) is 13.8 Å². The highest BCUT2D eigenvalue weighted by molar-refractivity contribution is 7.99. The lowest BCUT2D eigenvalue weighted by Gasteiger charge is -2.59. The molecule has 1 fully saturated rings. The number of methoxy groups -OCH3 is 1. The minimum absolute atomic E-state index is 0.0130. The first-order valence-electron chi connectivity index (χ1n) is 18.7. The van der Waals surface area contributed by atoms with Gasteiger partial charge in [0, 0.05) is 57.8 Å². The van der Waals surface area contributed by atoms with Crippen LogP contribution >= 0.6 is 11.8 Å². The molecule has 6 aliphatic rings. The van der Waals surface area contributed by atoms with Crippen molar-refractivity contribution >= 4 is 17.7 Å². The van der Waals surface area contributed by atoms with E-state index in [0.717, 1.165) is 33.6 Å². The molecule has 54 heavy (non-hydrogen) atoms. The average Bonchev–Trinajstić information content (AvgIpc) is 3.72. The van der Waals surface area contributed by atoms with Crippen LogP contribution in [0.4, 0.5) is 0 Å². The summed E-state index contributed by atoms with van der Waals surface area (Å²) in [6.07, 6.45) is 1.14. The Kier molecular flexibility index (Phi) is 8.57. The van der Waals surface area contributed by atoms with Gasteiger partial charge < -0.3 is 34.9 Å². The second-order valence-corrected chi connectivity index (χ2v) is 16.9. The third kappa shape index (κ3) is 5.22. The number of aryl methyl sites for hydroxylation is 1. The van der Waals surface area contributed by atoms with E-state index in [9.17, 15) is 15.0 Å². The van der Waals surface area contributed by atoms with E-state index >= 15 is 0 Å². The second-order valence-electron chi connectivity index (χ2n) is 15.8. The van der Waals surface area contributed by atoms with Crippen LogP contribution in [0.15, 0.2) is 54.6 Å². The summed E-state index contributed by atoms with van der Waals surface area (Å²) in [6.45, 7) is 6.79. The molecule has 282 valence electrons. The van der Waals surface area contributed by atoms with Gasteiger partial charge >= 0.3 is 5.97 Å². The zero-order valence-corrected chi connectivity index (χ0v) is 32.2. The molecule has 10 nitrogen and oxygen atoms in total. The number of hydrogen-bond acceptors (Lipinski definition) is 11. The number of hydrogen-bond donors (Lipinski definition) is 3. The van der Waals surface area contributed by atoms with Gasteiger partial charge in [0.25, 0.3) is 0 Å². The van der Waals surface area contributed by atoms with Gasteiger partial charge in [-0.05, 0) is 74.0 Å². The Morgan fingerprint density at radius 1 is 1.04 bits per heavy atom. The lowest BCUT2D eigenvalue weighted by Crippen LogP contribution is -2.67. The normalized spacial score (nSPS) is 24.2. The molecular formula is C43H47N3O7S. The fraction of sp³-hybridized carbons (Fsp3) is 0.419. The van der Waals surface area contributed by atoms with Crippen LogP contribution < -0.4 is 19.9 Å². The number of nitrogens with zero attached hydrogens (tertiary/aromatic N) is 2. The Labute approximate surface area is 320 Å². The molecule has 0 aromatic heterocycles. The molecular weight excluding hydrogens is 703 g/mol. The van der Waals surface area contributed by atoms with Crippen molar-refractivity contribution in [1.29, 1.82) is 0 Å². The van der Waals surface area contributed by atoms with Crippen LogP contribution in [0.2, 0.25) is 0 Å². The van der Waals surface area contributed by atoms with Gasteiger partial charge in [-0.1, -0.05) is 54.6 Å². The van der Waals surface area contributed by atoms with Crippen LogP contribution in [0.1, 0.15) is 69.4 Å². The van der Waals surface area contributed by atoms with E-state index < -0.39 is 23.6 Å². The molecule has 2 bridgehead atoms. The highest BCUT2D eigenvalue weighted by atomic mass is 32.2. The van der Waals surface area contributed by atoms with Crippen LogP contribution in [0.25, 0.3) is 11.1 Å². The topological polar surface area (TPSA) is 127 Å².